The van der Waals surface area contributed by atoms with Crippen LogP contribution >= 0.6 is 10.0 Å². The van der Waals surface area contributed by atoms with Crippen LogP contribution in [0.1, 0.15) is 49.4 Å². The van der Waals surface area contributed by atoms with Crippen molar-refractivity contribution in [2.24, 2.45) is 0 Å². The summed E-state index contributed by atoms with van der Waals surface area (Å²) in [6.45, 7) is 8.41. The third-order valence-corrected chi connectivity index (χ3v) is 11.9. The Morgan fingerprint density at radius 2 is 1.50 bits per heavy atom. The Morgan fingerprint density at radius 3 is 2.15 bits per heavy atom. The van der Waals surface area contributed by atoms with Crippen LogP contribution in [-0.2, 0) is 0 Å². The number of aromatic hydroxyl groups is 1. The van der Waals surface area contributed by atoms with Crippen molar-refractivity contribution in [2.45, 2.75) is 39.5 Å². The van der Waals surface area contributed by atoms with Crippen LogP contribution in [0.25, 0.3) is 28.8 Å². The van der Waals surface area contributed by atoms with Crippen molar-refractivity contribution in [3.05, 3.63) is 161 Å². The molecule has 0 fully saturated rings. The Bertz CT molecular complexity index is 2280. The summed E-state index contributed by atoms with van der Waals surface area (Å²) in [5.41, 5.74) is 11.7. The summed E-state index contributed by atoms with van der Waals surface area (Å²) in [5, 5.41) is 12.8. The normalized spacial score (nSPS) is 15.0. The second-order valence-electron chi connectivity index (χ2n) is 14.3. The molecule has 0 amide bonds. The molecule has 1 heterocycles. The molecule has 4 aromatic carbocycles. The SMILES string of the molecule is C=Cc1c(/C=C\C)n(C2=CCCC=C2)c2cc(N(C3=CC=C(S(C)(C)C)CC3)c3ccc(O)c(N(c4ccccc4)c4ccc(C)cc4)c3)ccc12. The van der Waals surface area contributed by atoms with E-state index in [9.17, 15) is 5.11 Å². The molecule has 264 valence electrons. The quantitative estimate of drug-likeness (QED) is 0.157. The van der Waals surface area contributed by atoms with Gasteiger partial charge in [0, 0.05) is 45.1 Å². The van der Waals surface area contributed by atoms with Gasteiger partial charge < -0.3 is 19.5 Å². The number of allylic oxidation sites excluding steroid dienone is 9. The van der Waals surface area contributed by atoms with E-state index in [1.807, 2.05) is 36.4 Å². The molecule has 0 radical (unpaired) electrons. The topological polar surface area (TPSA) is 31.6 Å². The predicted molar refractivity (Wildman–Crippen MR) is 230 cm³/mol. The molecule has 5 aromatic rings. The monoisotopic (exact) mass is 703 g/mol. The van der Waals surface area contributed by atoms with E-state index in [-0.39, 0.29) is 5.75 Å². The number of aryl methyl sites for hydroxylation is 1. The van der Waals surface area contributed by atoms with Gasteiger partial charge in [-0.15, -0.1) is 0 Å². The smallest absolute Gasteiger partial charge is 0.139 e. The molecule has 4 nitrogen and oxygen atoms in total. The number of rotatable bonds is 10. The fourth-order valence-corrected chi connectivity index (χ4v) is 8.54. The molecule has 0 saturated heterocycles. The van der Waals surface area contributed by atoms with Gasteiger partial charge in [-0.1, -0.05) is 78.9 Å². The van der Waals surface area contributed by atoms with Crippen LogP contribution in [0.2, 0.25) is 0 Å². The van der Waals surface area contributed by atoms with Crippen molar-refractivity contribution in [3.8, 4) is 5.75 Å². The number of phenolic OH excluding ortho intramolecular Hbond substituents is 1. The maximum atomic E-state index is 11.6. The van der Waals surface area contributed by atoms with E-state index in [2.05, 4.69) is 157 Å². The Labute approximate surface area is 311 Å². The molecule has 2 aliphatic carbocycles. The molecule has 0 aliphatic heterocycles. The lowest BCUT2D eigenvalue weighted by Gasteiger charge is -2.35. The highest BCUT2D eigenvalue weighted by molar-refractivity contribution is 8.35. The first kappa shape index (κ1) is 35.0. The molecule has 2 aliphatic rings. The van der Waals surface area contributed by atoms with Crippen LogP contribution in [0.15, 0.2) is 145 Å². The summed E-state index contributed by atoms with van der Waals surface area (Å²) in [6.07, 6.45) is 28.9. The van der Waals surface area contributed by atoms with Gasteiger partial charge >= 0.3 is 0 Å². The molecule has 0 atom stereocenters. The van der Waals surface area contributed by atoms with Crippen LogP contribution in [0, 0.1) is 6.92 Å². The lowest BCUT2D eigenvalue weighted by atomic mass is 10.0. The lowest BCUT2D eigenvalue weighted by Crippen LogP contribution is -2.19. The molecule has 1 aromatic heterocycles. The van der Waals surface area contributed by atoms with E-state index in [0.717, 1.165) is 70.9 Å². The van der Waals surface area contributed by atoms with Crippen molar-refractivity contribution in [1.82, 2.24) is 4.57 Å². The third kappa shape index (κ3) is 6.81. The van der Waals surface area contributed by atoms with E-state index in [1.165, 1.54) is 27.2 Å². The first-order valence-electron chi connectivity index (χ1n) is 18.1. The summed E-state index contributed by atoms with van der Waals surface area (Å²) in [4.78, 5) is 6.06. The van der Waals surface area contributed by atoms with Crippen LogP contribution in [0.3, 0.4) is 0 Å². The number of aromatic nitrogens is 1. The summed E-state index contributed by atoms with van der Waals surface area (Å²) < 4.78 is 2.39. The Hall–Kier alpha value is -5.39. The van der Waals surface area contributed by atoms with Gasteiger partial charge in [0.1, 0.15) is 5.75 Å². The minimum atomic E-state index is -0.823. The van der Waals surface area contributed by atoms with Gasteiger partial charge in [0.05, 0.1) is 16.9 Å². The van der Waals surface area contributed by atoms with Gasteiger partial charge in [-0.05, 0) is 136 Å². The molecular formula is C47H49N3OS. The number of hydrogen-bond acceptors (Lipinski definition) is 3. The average molecular weight is 704 g/mol. The van der Waals surface area contributed by atoms with E-state index in [4.69, 9.17) is 0 Å². The number of para-hydroxylation sites is 1. The van der Waals surface area contributed by atoms with E-state index in [0.29, 0.717) is 0 Å². The second-order valence-corrected chi connectivity index (χ2v) is 18.5. The van der Waals surface area contributed by atoms with Gasteiger partial charge in [0.25, 0.3) is 0 Å². The maximum absolute atomic E-state index is 11.6. The summed E-state index contributed by atoms with van der Waals surface area (Å²) in [5.74, 6) is 0.219. The second kappa shape index (κ2) is 14.7. The number of nitrogens with zero attached hydrogens (tertiary/aromatic N) is 3. The Balaban J connectivity index is 1.46. The van der Waals surface area contributed by atoms with Crippen molar-refractivity contribution in [1.29, 1.82) is 0 Å². The van der Waals surface area contributed by atoms with Crippen LogP contribution < -0.4 is 9.80 Å². The average Bonchev–Trinajstić information content (AvgIpc) is 3.46. The van der Waals surface area contributed by atoms with Gasteiger partial charge in [-0.3, -0.25) is 0 Å². The summed E-state index contributed by atoms with van der Waals surface area (Å²) in [7, 11) is -0.823. The Kier molecular flexibility index (Phi) is 9.90. The van der Waals surface area contributed by atoms with Crippen LogP contribution in [0.4, 0.5) is 28.4 Å². The summed E-state index contributed by atoms with van der Waals surface area (Å²) >= 11 is 0. The number of anilines is 5. The van der Waals surface area contributed by atoms with Crippen LogP contribution in [-0.4, -0.2) is 28.4 Å². The third-order valence-electron chi connectivity index (χ3n) is 9.98. The maximum Gasteiger partial charge on any atom is 0.139 e. The van der Waals surface area contributed by atoms with Crippen molar-refractivity contribution in [3.63, 3.8) is 0 Å². The molecule has 0 saturated carbocycles. The fraction of sp³-hybridized carbons (Fsp3) is 0.191. The van der Waals surface area contributed by atoms with Gasteiger partial charge in [0.2, 0.25) is 0 Å². The largest absolute Gasteiger partial charge is 0.506 e. The molecule has 0 spiro atoms. The van der Waals surface area contributed by atoms with E-state index >= 15 is 0 Å². The highest BCUT2D eigenvalue weighted by Crippen LogP contribution is 2.50. The summed E-state index contributed by atoms with van der Waals surface area (Å²) in [6, 6.07) is 31.6. The number of benzene rings is 4. The standard InChI is InChI=1S/C47H49N3OS/c1-7-15-44-42(8-2)43-30-26-39(32-45(43)50(44)36-18-13-10-14-19-36)48(37-24-28-41(29-25-37)52(4,5)6)40-27-31-47(51)46(33-40)49(35-16-11-9-12-17-35)38-22-20-34(3)21-23-38/h7-9,11-13,15-24,26-28,30-33,51H,2,10,14,25,29H2,1,3-6H3/b15-7-. The lowest BCUT2D eigenvalue weighted by molar-refractivity contribution is 0.476. The number of hydrogen-bond donors (Lipinski definition) is 1. The highest BCUT2D eigenvalue weighted by Gasteiger charge is 2.25. The number of phenols is 1. The molecule has 1 N–H and O–H groups in total. The Morgan fingerprint density at radius 1 is 0.788 bits per heavy atom. The predicted octanol–water partition coefficient (Wildman–Crippen LogP) is 13.4. The van der Waals surface area contributed by atoms with Crippen molar-refractivity contribution >= 4 is 67.2 Å². The van der Waals surface area contributed by atoms with Gasteiger partial charge in [0.15, 0.2) is 0 Å². The van der Waals surface area contributed by atoms with E-state index in [1.54, 1.807) is 0 Å². The van der Waals surface area contributed by atoms with Crippen molar-refractivity contribution < 1.29 is 5.11 Å². The zero-order chi connectivity index (χ0) is 36.4. The zero-order valence-electron chi connectivity index (χ0n) is 31.0. The fourth-order valence-electron chi connectivity index (χ4n) is 7.35. The highest BCUT2D eigenvalue weighted by atomic mass is 32.3. The zero-order valence-corrected chi connectivity index (χ0v) is 31.8. The number of fused-ring (bicyclic) bond motifs is 1. The van der Waals surface area contributed by atoms with E-state index < -0.39 is 10.0 Å². The van der Waals surface area contributed by atoms with Crippen molar-refractivity contribution in [2.75, 3.05) is 28.6 Å². The minimum absolute atomic E-state index is 0.219. The molecule has 52 heavy (non-hydrogen) atoms. The molecule has 5 heteroatoms. The minimum Gasteiger partial charge on any atom is -0.506 e. The molecule has 0 unspecified atom stereocenters. The first-order chi connectivity index (χ1) is 25.2. The van der Waals surface area contributed by atoms with Crippen LogP contribution in [0.5, 0.6) is 5.75 Å². The van der Waals surface area contributed by atoms with Gasteiger partial charge in [-0.2, -0.15) is 0 Å². The van der Waals surface area contributed by atoms with Gasteiger partial charge in [-0.25, -0.2) is 10.0 Å². The molecule has 0 bridgehead atoms. The molecular weight excluding hydrogens is 655 g/mol. The first-order valence-corrected chi connectivity index (χ1v) is 21.0. The molecule has 7 rings (SSSR count).